The minimum absolute atomic E-state index is 0.0303. The number of carbonyl (C=O) groups is 1. The third-order valence-corrected chi connectivity index (χ3v) is 5.22. The van der Waals surface area contributed by atoms with E-state index in [2.05, 4.69) is 15.2 Å². The van der Waals surface area contributed by atoms with E-state index < -0.39 is 5.91 Å². The van der Waals surface area contributed by atoms with Crippen LogP contribution in [-0.2, 0) is 6.54 Å². The predicted molar refractivity (Wildman–Crippen MR) is 119 cm³/mol. The highest BCUT2D eigenvalue weighted by molar-refractivity contribution is 6.31. The molecule has 0 bridgehead atoms. The molecule has 4 aromatic rings. The summed E-state index contributed by atoms with van der Waals surface area (Å²) in [5, 5.41) is 20.7. The van der Waals surface area contributed by atoms with Gasteiger partial charge in [-0.2, -0.15) is 0 Å². The van der Waals surface area contributed by atoms with Crippen molar-refractivity contribution in [1.29, 1.82) is 0 Å². The van der Waals surface area contributed by atoms with Crippen LogP contribution in [0.5, 0.6) is 5.88 Å². The molecular weight excluding hydrogens is 400 g/mol. The highest BCUT2D eigenvalue weighted by Crippen LogP contribution is 2.40. The van der Waals surface area contributed by atoms with Gasteiger partial charge >= 0.3 is 0 Å². The summed E-state index contributed by atoms with van der Waals surface area (Å²) in [6, 6.07) is 12.8. The first-order valence-electron chi connectivity index (χ1n) is 9.74. The summed E-state index contributed by atoms with van der Waals surface area (Å²) in [7, 11) is 0. The van der Waals surface area contributed by atoms with Crippen LogP contribution in [0.15, 0.2) is 52.7 Å². The Labute approximate surface area is 178 Å². The molecule has 0 aliphatic rings. The lowest BCUT2D eigenvalue weighted by molar-refractivity contribution is 0.0996. The maximum atomic E-state index is 12.9. The molecule has 2 aromatic heterocycles. The number of halogens is 1. The van der Waals surface area contributed by atoms with E-state index in [-0.39, 0.29) is 11.6 Å². The average molecular weight is 421 g/mol. The fraction of sp³-hybridized carbons (Fsp3) is 0.217. The van der Waals surface area contributed by atoms with Gasteiger partial charge in [-0.15, -0.1) is 10.2 Å². The topological polar surface area (TPSA) is 79.8 Å². The number of carbonyl (C=O) groups excluding carboxylic acids is 1. The molecule has 7 heteroatoms. The minimum atomic E-state index is -0.492. The van der Waals surface area contributed by atoms with E-state index in [1.54, 1.807) is 22.8 Å². The molecule has 0 aliphatic heterocycles. The Hall–Kier alpha value is -3.25. The molecule has 0 unspecified atom stereocenters. The fourth-order valence-electron chi connectivity index (χ4n) is 3.64. The number of hydrogen-bond acceptors (Lipinski definition) is 4. The molecule has 0 saturated carbocycles. The zero-order chi connectivity index (χ0) is 21.4. The Morgan fingerprint density at radius 2 is 1.93 bits per heavy atom. The first-order valence-corrected chi connectivity index (χ1v) is 10.1. The molecule has 0 saturated heterocycles. The van der Waals surface area contributed by atoms with Crippen molar-refractivity contribution in [3.05, 3.63) is 64.3 Å². The molecule has 4 rings (SSSR count). The summed E-state index contributed by atoms with van der Waals surface area (Å²) in [5.41, 5.74) is 3.93. The quantitative estimate of drug-likeness (QED) is 0.382. The number of aryl methyl sites for hydroxylation is 3. The maximum Gasteiger partial charge on any atom is 0.296 e. The number of aromatic nitrogens is 2. The van der Waals surface area contributed by atoms with Crippen molar-refractivity contribution >= 4 is 45.0 Å². The smallest absolute Gasteiger partial charge is 0.296 e. The highest BCUT2D eigenvalue weighted by Gasteiger charge is 2.18. The number of fused-ring (bicyclic) bond motifs is 2. The number of azo groups is 1. The molecule has 0 spiro atoms. The Balaban J connectivity index is 1.82. The second-order valence-electron chi connectivity index (χ2n) is 7.32. The molecular formula is C23H21ClN4O2. The van der Waals surface area contributed by atoms with Crippen molar-refractivity contribution < 1.29 is 9.90 Å². The van der Waals surface area contributed by atoms with Crippen LogP contribution < -0.4 is 0 Å². The molecule has 1 N–H and O–H groups in total. The summed E-state index contributed by atoms with van der Waals surface area (Å²) in [6.45, 7) is 6.42. The summed E-state index contributed by atoms with van der Waals surface area (Å²) in [6.07, 6.45) is 0.830. The maximum absolute atomic E-state index is 12.9. The molecule has 0 aliphatic carbocycles. The summed E-state index contributed by atoms with van der Waals surface area (Å²) in [5.74, 6) is -0.522. The van der Waals surface area contributed by atoms with Gasteiger partial charge in [-0.1, -0.05) is 30.2 Å². The number of hydrogen-bond donors (Lipinski definition) is 1. The molecule has 0 atom stereocenters. The molecule has 2 aromatic carbocycles. The summed E-state index contributed by atoms with van der Waals surface area (Å²) < 4.78 is 1.75. The Morgan fingerprint density at radius 1 is 1.13 bits per heavy atom. The fourth-order valence-corrected chi connectivity index (χ4v) is 3.81. The zero-order valence-electron chi connectivity index (χ0n) is 17.0. The van der Waals surface area contributed by atoms with E-state index in [9.17, 15) is 9.90 Å². The minimum Gasteiger partial charge on any atom is -0.493 e. The first-order chi connectivity index (χ1) is 14.4. The van der Waals surface area contributed by atoms with Crippen molar-refractivity contribution in [3.63, 3.8) is 0 Å². The number of rotatable bonds is 4. The molecule has 0 radical (unpaired) electrons. The second-order valence-corrected chi connectivity index (χ2v) is 7.76. The van der Waals surface area contributed by atoms with Crippen molar-refractivity contribution in [2.45, 2.75) is 33.7 Å². The van der Waals surface area contributed by atoms with Gasteiger partial charge in [0.25, 0.3) is 5.91 Å². The van der Waals surface area contributed by atoms with Gasteiger partial charge in [-0.05, 0) is 56.7 Å². The van der Waals surface area contributed by atoms with E-state index in [1.165, 1.54) is 0 Å². The zero-order valence-corrected chi connectivity index (χ0v) is 17.7. The van der Waals surface area contributed by atoms with Gasteiger partial charge in [-0.25, -0.2) is 0 Å². The normalized spacial score (nSPS) is 11.7. The van der Waals surface area contributed by atoms with Crippen LogP contribution in [0, 0.1) is 13.8 Å². The molecule has 1 amide bonds. The number of nitrogens with zero attached hydrogens (tertiary/aromatic N) is 4. The average Bonchev–Trinajstić information content (AvgIpc) is 2.96. The standard InChI is InChI=1S/C23H21ClN4O2/c1-4-9-28-20-8-6-15(24)12-18(20)21(23(28)30)26-27-22(29)17-11-14(3)25-19-7-5-13(2)10-16(17)19/h5-8,10-12,30H,4,9H2,1-3H3. The van der Waals surface area contributed by atoms with Crippen LogP contribution in [0.4, 0.5) is 5.69 Å². The number of amides is 1. The monoisotopic (exact) mass is 420 g/mol. The predicted octanol–water partition coefficient (Wildman–Crippen LogP) is 6.50. The number of aromatic hydroxyl groups is 1. The van der Waals surface area contributed by atoms with Gasteiger partial charge in [0.15, 0.2) is 5.69 Å². The van der Waals surface area contributed by atoms with Crippen molar-refractivity contribution in [1.82, 2.24) is 9.55 Å². The molecule has 6 nitrogen and oxygen atoms in total. The Bertz CT molecular complexity index is 1320. The van der Waals surface area contributed by atoms with Crippen LogP contribution in [0.2, 0.25) is 5.02 Å². The molecule has 152 valence electrons. The highest BCUT2D eigenvalue weighted by atomic mass is 35.5. The Morgan fingerprint density at radius 3 is 2.70 bits per heavy atom. The van der Waals surface area contributed by atoms with Crippen molar-refractivity contribution in [3.8, 4) is 5.88 Å². The third kappa shape index (κ3) is 3.55. The summed E-state index contributed by atoms with van der Waals surface area (Å²) in [4.78, 5) is 17.4. The van der Waals surface area contributed by atoms with Crippen LogP contribution in [0.1, 0.15) is 35.0 Å². The van der Waals surface area contributed by atoms with Gasteiger partial charge in [0.1, 0.15) is 0 Å². The third-order valence-electron chi connectivity index (χ3n) is 4.98. The van der Waals surface area contributed by atoms with Crippen LogP contribution in [0.25, 0.3) is 21.8 Å². The van der Waals surface area contributed by atoms with E-state index >= 15 is 0 Å². The van der Waals surface area contributed by atoms with Crippen LogP contribution in [-0.4, -0.2) is 20.6 Å². The lowest BCUT2D eigenvalue weighted by Crippen LogP contribution is -1.99. The van der Waals surface area contributed by atoms with Crippen molar-refractivity contribution in [2.75, 3.05) is 0 Å². The Kier molecular flexibility index (Phi) is 5.26. The first kappa shape index (κ1) is 20.0. The van der Waals surface area contributed by atoms with E-state index in [4.69, 9.17) is 11.6 Å². The number of pyridine rings is 1. The van der Waals surface area contributed by atoms with E-state index in [0.29, 0.717) is 22.5 Å². The lowest BCUT2D eigenvalue weighted by Gasteiger charge is -2.05. The van der Waals surface area contributed by atoms with Crippen molar-refractivity contribution in [2.24, 2.45) is 10.2 Å². The van der Waals surface area contributed by atoms with Crippen LogP contribution >= 0.6 is 11.6 Å². The van der Waals surface area contributed by atoms with Gasteiger partial charge in [-0.3, -0.25) is 9.78 Å². The van der Waals surface area contributed by atoms with E-state index in [0.717, 1.165) is 34.1 Å². The molecule has 30 heavy (non-hydrogen) atoms. The van der Waals surface area contributed by atoms with Gasteiger partial charge < -0.3 is 9.67 Å². The lowest BCUT2D eigenvalue weighted by atomic mass is 10.1. The largest absolute Gasteiger partial charge is 0.493 e. The number of benzene rings is 2. The van der Waals surface area contributed by atoms with Gasteiger partial charge in [0.05, 0.1) is 16.6 Å². The van der Waals surface area contributed by atoms with Gasteiger partial charge in [0, 0.05) is 28.0 Å². The molecule has 2 heterocycles. The van der Waals surface area contributed by atoms with Gasteiger partial charge in [0.2, 0.25) is 5.88 Å². The second kappa shape index (κ2) is 7.88. The molecule has 0 fully saturated rings. The SMILES string of the molecule is CCCn1c(O)c(N=NC(=O)c2cc(C)nc3ccc(C)cc23)c2cc(Cl)ccc21. The van der Waals surface area contributed by atoms with Crippen LogP contribution in [0.3, 0.4) is 0 Å². The van der Waals surface area contributed by atoms with E-state index in [1.807, 2.05) is 45.0 Å². The summed E-state index contributed by atoms with van der Waals surface area (Å²) >= 11 is 6.15.